The smallest absolute Gasteiger partial charge is 0.250 e. The van der Waals surface area contributed by atoms with Crippen LogP contribution in [0.2, 0.25) is 0 Å². The van der Waals surface area contributed by atoms with Crippen molar-refractivity contribution >= 4 is 33.3 Å². The lowest BCUT2D eigenvalue weighted by atomic mass is 10.1. The highest BCUT2D eigenvalue weighted by Gasteiger charge is 2.14. The highest BCUT2D eigenvalue weighted by atomic mass is 79.9. The predicted molar refractivity (Wildman–Crippen MR) is 74.3 cm³/mol. The van der Waals surface area contributed by atoms with Gasteiger partial charge in [0.2, 0.25) is 5.91 Å². The maximum atomic E-state index is 11.9. The van der Waals surface area contributed by atoms with E-state index in [0.717, 1.165) is 6.42 Å². The van der Waals surface area contributed by atoms with Crippen LogP contribution in [0.15, 0.2) is 24.3 Å². The van der Waals surface area contributed by atoms with Gasteiger partial charge in [0.25, 0.3) is 0 Å². The Morgan fingerprint density at radius 2 is 1.94 bits per heavy atom. The standard InChI is InChI=1S/C13H16BrNO3/c1-3-11(14)13(17)9-4-6-10(7-5-9)15-12(16)8-18-2/h4-7,11H,3,8H2,1-2H3,(H,15,16). The van der Waals surface area contributed by atoms with Crippen molar-refractivity contribution in [3.63, 3.8) is 0 Å². The maximum absolute atomic E-state index is 11.9. The largest absolute Gasteiger partial charge is 0.375 e. The molecule has 1 N–H and O–H groups in total. The molecule has 0 aliphatic carbocycles. The molecule has 0 fully saturated rings. The van der Waals surface area contributed by atoms with Crippen LogP contribution in [-0.2, 0) is 9.53 Å². The Hall–Kier alpha value is -1.20. The van der Waals surface area contributed by atoms with Gasteiger partial charge in [-0.3, -0.25) is 9.59 Å². The van der Waals surface area contributed by atoms with Crippen molar-refractivity contribution in [3.05, 3.63) is 29.8 Å². The van der Waals surface area contributed by atoms with Crippen LogP contribution in [0.3, 0.4) is 0 Å². The Kier molecular flexibility index (Phi) is 6.01. The van der Waals surface area contributed by atoms with Crippen LogP contribution >= 0.6 is 15.9 Å². The number of alkyl halides is 1. The van der Waals surface area contributed by atoms with E-state index in [2.05, 4.69) is 21.2 Å². The van der Waals surface area contributed by atoms with E-state index in [1.165, 1.54) is 7.11 Å². The second kappa shape index (κ2) is 7.28. The lowest BCUT2D eigenvalue weighted by Gasteiger charge is -2.08. The first-order chi connectivity index (χ1) is 8.58. The molecule has 18 heavy (non-hydrogen) atoms. The van der Waals surface area contributed by atoms with Gasteiger partial charge in [0.05, 0.1) is 4.83 Å². The summed E-state index contributed by atoms with van der Waals surface area (Å²) in [5, 5.41) is 2.67. The summed E-state index contributed by atoms with van der Waals surface area (Å²) in [6.45, 7) is 1.96. The summed E-state index contributed by atoms with van der Waals surface area (Å²) in [7, 11) is 1.46. The third-order valence-electron chi connectivity index (χ3n) is 2.37. The fourth-order valence-corrected chi connectivity index (χ4v) is 1.68. The van der Waals surface area contributed by atoms with E-state index in [4.69, 9.17) is 4.74 Å². The van der Waals surface area contributed by atoms with E-state index in [-0.39, 0.29) is 23.1 Å². The van der Waals surface area contributed by atoms with Gasteiger partial charge in [0.15, 0.2) is 5.78 Å². The summed E-state index contributed by atoms with van der Waals surface area (Å²) in [5.41, 5.74) is 1.28. The Morgan fingerprint density at radius 1 is 1.33 bits per heavy atom. The summed E-state index contributed by atoms with van der Waals surface area (Å²) in [6.07, 6.45) is 0.741. The fraction of sp³-hybridized carbons (Fsp3) is 0.385. The molecule has 1 atom stereocenters. The minimum Gasteiger partial charge on any atom is -0.375 e. The number of hydrogen-bond donors (Lipinski definition) is 1. The zero-order valence-corrected chi connectivity index (χ0v) is 12.0. The number of hydrogen-bond acceptors (Lipinski definition) is 3. The zero-order valence-electron chi connectivity index (χ0n) is 10.4. The van der Waals surface area contributed by atoms with Crippen molar-refractivity contribution in [3.8, 4) is 0 Å². The van der Waals surface area contributed by atoms with Gasteiger partial charge < -0.3 is 10.1 Å². The molecule has 0 bridgehead atoms. The second-order valence-corrected chi connectivity index (χ2v) is 4.90. The zero-order chi connectivity index (χ0) is 13.5. The average molecular weight is 314 g/mol. The molecule has 1 aromatic rings. The van der Waals surface area contributed by atoms with Crippen LogP contribution < -0.4 is 5.32 Å². The van der Waals surface area contributed by atoms with Crippen molar-refractivity contribution in [2.24, 2.45) is 0 Å². The van der Waals surface area contributed by atoms with Crippen molar-refractivity contribution < 1.29 is 14.3 Å². The third-order valence-corrected chi connectivity index (χ3v) is 3.43. The van der Waals surface area contributed by atoms with Crippen molar-refractivity contribution in [2.75, 3.05) is 19.0 Å². The molecule has 5 heteroatoms. The molecule has 0 aliphatic heterocycles. The van der Waals surface area contributed by atoms with Gasteiger partial charge in [-0.05, 0) is 30.7 Å². The fourth-order valence-electron chi connectivity index (χ4n) is 1.41. The Morgan fingerprint density at radius 3 is 2.44 bits per heavy atom. The number of ether oxygens (including phenoxy) is 1. The first-order valence-corrected chi connectivity index (χ1v) is 6.57. The summed E-state index contributed by atoms with van der Waals surface area (Å²) < 4.78 is 4.71. The average Bonchev–Trinajstić information content (AvgIpc) is 2.38. The molecular weight excluding hydrogens is 298 g/mol. The number of amides is 1. The summed E-state index contributed by atoms with van der Waals surface area (Å²) in [4.78, 5) is 23.0. The van der Waals surface area contributed by atoms with Crippen molar-refractivity contribution in [2.45, 2.75) is 18.2 Å². The summed E-state index contributed by atoms with van der Waals surface area (Å²) >= 11 is 3.32. The monoisotopic (exact) mass is 313 g/mol. The lowest BCUT2D eigenvalue weighted by Crippen LogP contribution is -2.17. The number of halogens is 1. The Labute approximate surface area is 115 Å². The quantitative estimate of drug-likeness (QED) is 0.649. The van der Waals surface area contributed by atoms with Gasteiger partial charge in [0.1, 0.15) is 6.61 Å². The molecule has 0 saturated carbocycles. The normalized spacial score (nSPS) is 11.9. The minimum absolute atomic E-state index is 0.0139. The number of Topliss-reactive ketones (excluding diaryl/α,β-unsaturated/α-hetero) is 1. The van der Waals surface area contributed by atoms with Crippen LogP contribution in [0.5, 0.6) is 0 Å². The topological polar surface area (TPSA) is 55.4 Å². The van der Waals surface area contributed by atoms with Crippen LogP contribution in [-0.4, -0.2) is 30.2 Å². The van der Waals surface area contributed by atoms with E-state index in [1.807, 2.05) is 6.92 Å². The second-order valence-electron chi connectivity index (χ2n) is 3.80. The molecule has 98 valence electrons. The molecule has 1 aromatic carbocycles. The molecule has 0 aromatic heterocycles. The van der Waals surface area contributed by atoms with E-state index < -0.39 is 0 Å². The molecule has 1 rings (SSSR count). The summed E-state index contributed by atoms with van der Waals surface area (Å²) in [6, 6.07) is 6.82. The Bertz CT molecular complexity index is 417. The van der Waals surface area contributed by atoms with E-state index in [0.29, 0.717) is 11.3 Å². The van der Waals surface area contributed by atoms with Crippen molar-refractivity contribution in [1.29, 1.82) is 0 Å². The molecule has 0 heterocycles. The van der Waals surface area contributed by atoms with Gasteiger partial charge in [0, 0.05) is 18.4 Å². The number of anilines is 1. The van der Waals surface area contributed by atoms with Crippen molar-refractivity contribution in [1.82, 2.24) is 0 Å². The molecule has 0 spiro atoms. The van der Waals surface area contributed by atoms with Crippen LogP contribution in [0.25, 0.3) is 0 Å². The molecule has 0 saturated heterocycles. The Balaban J connectivity index is 2.68. The lowest BCUT2D eigenvalue weighted by molar-refractivity contribution is -0.119. The van der Waals surface area contributed by atoms with Gasteiger partial charge in [-0.25, -0.2) is 0 Å². The molecular formula is C13H16BrNO3. The van der Waals surface area contributed by atoms with Gasteiger partial charge in [-0.1, -0.05) is 22.9 Å². The van der Waals surface area contributed by atoms with Gasteiger partial charge in [-0.2, -0.15) is 0 Å². The molecule has 0 aliphatic rings. The van der Waals surface area contributed by atoms with E-state index in [1.54, 1.807) is 24.3 Å². The first kappa shape index (κ1) is 14.9. The number of carbonyl (C=O) groups is 2. The number of rotatable bonds is 6. The maximum Gasteiger partial charge on any atom is 0.250 e. The van der Waals surface area contributed by atoms with Crippen LogP contribution in [0, 0.1) is 0 Å². The minimum atomic E-state index is -0.219. The number of ketones is 1. The van der Waals surface area contributed by atoms with E-state index >= 15 is 0 Å². The highest BCUT2D eigenvalue weighted by Crippen LogP contribution is 2.16. The van der Waals surface area contributed by atoms with Crippen LogP contribution in [0.4, 0.5) is 5.69 Å². The third kappa shape index (κ3) is 4.23. The number of methoxy groups -OCH3 is 1. The highest BCUT2D eigenvalue weighted by molar-refractivity contribution is 9.10. The van der Waals surface area contributed by atoms with E-state index in [9.17, 15) is 9.59 Å². The number of carbonyl (C=O) groups excluding carboxylic acids is 2. The molecule has 4 nitrogen and oxygen atoms in total. The molecule has 1 unspecified atom stereocenters. The summed E-state index contributed by atoms with van der Waals surface area (Å²) in [5.74, 6) is -0.171. The van der Waals surface area contributed by atoms with Crippen LogP contribution in [0.1, 0.15) is 23.7 Å². The molecule has 0 radical (unpaired) electrons. The van der Waals surface area contributed by atoms with Gasteiger partial charge >= 0.3 is 0 Å². The first-order valence-electron chi connectivity index (χ1n) is 5.65. The number of nitrogens with one attached hydrogen (secondary N) is 1. The predicted octanol–water partition coefficient (Wildman–Crippen LogP) is 2.63. The SMILES string of the molecule is CCC(Br)C(=O)c1ccc(NC(=O)COC)cc1. The number of benzene rings is 1. The molecule has 1 amide bonds. The van der Waals surface area contributed by atoms with Gasteiger partial charge in [-0.15, -0.1) is 0 Å².